The zero-order valence-corrected chi connectivity index (χ0v) is 9.44. The Morgan fingerprint density at radius 1 is 1.53 bits per heavy atom. The summed E-state index contributed by atoms with van der Waals surface area (Å²) in [4.78, 5) is 20.5. The molecule has 0 amide bonds. The van der Waals surface area contributed by atoms with Crippen molar-refractivity contribution in [2.45, 2.75) is 20.3 Å². The Labute approximate surface area is 97.0 Å². The van der Waals surface area contributed by atoms with Gasteiger partial charge in [-0.3, -0.25) is 14.9 Å². The van der Waals surface area contributed by atoms with Gasteiger partial charge >= 0.3 is 11.7 Å². The van der Waals surface area contributed by atoms with Crippen molar-refractivity contribution in [2.75, 3.05) is 0 Å². The first-order valence-electron chi connectivity index (χ1n) is 4.90. The fourth-order valence-electron chi connectivity index (χ4n) is 1.39. The van der Waals surface area contributed by atoms with Crippen LogP contribution in [-0.2, 0) is 11.2 Å². The van der Waals surface area contributed by atoms with Gasteiger partial charge in [-0.05, 0) is 31.9 Å². The van der Waals surface area contributed by atoms with E-state index in [1.807, 2.05) is 0 Å². The van der Waals surface area contributed by atoms with Crippen molar-refractivity contribution in [3.05, 3.63) is 39.7 Å². The SMILES string of the molecule is CC(C)(Cc1ccc([N+](=O)[O-])c(F)c1)C(=O)O. The number of benzene rings is 1. The number of rotatable bonds is 4. The first-order valence-corrected chi connectivity index (χ1v) is 4.90. The van der Waals surface area contributed by atoms with Crippen molar-refractivity contribution in [3.8, 4) is 0 Å². The number of halogens is 1. The molecule has 0 aromatic heterocycles. The third-order valence-corrected chi connectivity index (χ3v) is 2.43. The van der Waals surface area contributed by atoms with E-state index < -0.39 is 27.8 Å². The summed E-state index contributed by atoms with van der Waals surface area (Å²) in [6, 6.07) is 3.41. The Morgan fingerprint density at radius 2 is 2.12 bits per heavy atom. The molecule has 92 valence electrons. The van der Waals surface area contributed by atoms with E-state index in [4.69, 9.17) is 5.11 Å². The first kappa shape index (κ1) is 13.1. The predicted octanol–water partition coefficient (Wildman–Crippen LogP) is 2.39. The zero-order valence-electron chi connectivity index (χ0n) is 9.44. The number of hydrogen-bond acceptors (Lipinski definition) is 3. The van der Waals surface area contributed by atoms with Crippen LogP contribution in [0.2, 0.25) is 0 Å². The molecule has 1 N–H and O–H groups in total. The third-order valence-electron chi connectivity index (χ3n) is 2.43. The number of carboxylic acid groups (broad SMARTS) is 1. The van der Waals surface area contributed by atoms with Gasteiger partial charge in [0, 0.05) is 6.07 Å². The first-order chi connectivity index (χ1) is 7.74. The van der Waals surface area contributed by atoms with Crippen LogP contribution in [0.1, 0.15) is 19.4 Å². The second-order valence-corrected chi connectivity index (χ2v) is 4.41. The van der Waals surface area contributed by atoms with Crippen LogP contribution in [0.4, 0.5) is 10.1 Å². The standard InChI is InChI=1S/C11H12FNO4/c1-11(2,10(14)15)6-7-3-4-9(13(16)17)8(12)5-7/h3-5H,6H2,1-2H3,(H,14,15). The molecule has 1 aromatic carbocycles. The third kappa shape index (κ3) is 2.99. The lowest BCUT2D eigenvalue weighted by atomic mass is 9.86. The van der Waals surface area contributed by atoms with Gasteiger partial charge in [0.25, 0.3) is 0 Å². The zero-order chi connectivity index (χ0) is 13.2. The van der Waals surface area contributed by atoms with Gasteiger partial charge in [0.1, 0.15) is 0 Å². The van der Waals surface area contributed by atoms with Crippen molar-refractivity contribution in [1.29, 1.82) is 0 Å². The lowest BCUT2D eigenvalue weighted by Crippen LogP contribution is -2.26. The fraction of sp³-hybridized carbons (Fsp3) is 0.364. The highest BCUT2D eigenvalue weighted by Crippen LogP contribution is 2.25. The molecule has 0 aliphatic rings. The van der Waals surface area contributed by atoms with Gasteiger partial charge in [-0.2, -0.15) is 4.39 Å². The molecule has 0 atom stereocenters. The van der Waals surface area contributed by atoms with Gasteiger partial charge in [-0.15, -0.1) is 0 Å². The van der Waals surface area contributed by atoms with Crippen LogP contribution in [-0.4, -0.2) is 16.0 Å². The molecular formula is C11H12FNO4. The maximum atomic E-state index is 13.3. The van der Waals surface area contributed by atoms with Crippen LogP contribution in [0.5, 0.6) is 0 Å². The summed E-state index contributed by atoms with van der Waals surface area (Å²) in [7, 11) is 0. The highest BCUT2D eigenvalue weighted by atomic mass is 19.1. The van der Waals surface area contributed by atoms with E-state index in [2.05, 4.69) is 0 Å². The molecule has 0 heterocycles. The molecule has 0 saturated carbocycles. The molecular weight excluding hydrogens is 229 g/mol. The number of carbonyl (C=O) groups is 1. The Morgan fingerprint density at radius 3 is 2.53 bits per heavy atom. The summed E-state index contributed by atoms with van der Waals surface area (Å²) in [6.07, 6.45) is 0.108. The minimum atomic E-state index is -1.04. The molecule has 0 saturated heterocycles. The maximum Gasteiger partial charge on any atom is 0.309 e. The van der Waals surface area contributed by atoms with Crippen LogP contribution in [0.25, 0.3) is 0 Å². The summed E-state index contributed by atoms with van der Waals surface area (Å²) >= 11 is 0. The number of aliphatic carboxylic acids is 1. The summed E-state index contributed by atoms with van der Waals surface area (Å²) in [5.74, 6) is -1.95. The Kier molecular flexibility index (Phi) is 3.45. The average Bonchev–Trinajstić information content (AvgIpc) is 2.15. The lowest BCUT2D eigenvalue weighted by molar-refractivity contribution is -0.387. The van der Waals surface area contributed by atoms with Gasteiger partial charge in [0.05, 0.1) is 10.3 Å². The molecule has 0 bridgehead atoms. The second kappa shape index (κ2) is 4.48. The van der Waals surface area contributed by atoms with E-state index >= 15 is 0 Å². The monoisotopic (exact) mass is 241 g/mol. The second-order valence-electron chi connectivity index (χ2n) is 4.41. The Hall–Kier alpha value is -1.98. The van der Waals surface area contributed by atoms with Crippen LogP contribution >= 0.6 is 0 Å². The highest BCUT2D eigenvalue weighted by Gasteiger charge is 2.28. The van der Waals surface area contributed by atoms with Crippen molar-refractivity contribution in [2.24, 2.45) is 5.41 Å². The summed E-state index contributed by atoms with van der Waals surface area (Å²) in [5, 5.41) is 19.3. The van der Waals surface area contributed by atoms with Gasteiger partial charge in [0.15, 0.2) is 0 Å². The van der Waals surface area contributed by atoms with Crippen LogP contribution in [0.15, 0.2) is 18.2 Å². The molecule has 0 spiro atoms. The van der Waals surface area contributed by atoms with Gasteiger partial charge in [0.2, 0.25) is 5.82 Å². The minimum Gasteiger partial charge on any atom is -0.481 e. The van der Waals surface area contributed by atoms with Crippen LogP contribution in [0.3, 0.4) is 0 Å². The number of carboxylic acids is 1. The number of nitrogens with zero attached hydrogens (tertiary/aromatic N) is 1. The Bertz CT molecular complexity index is 471. The quantitative estimate of drug-likeness (QED) is 0.648. The Balaban J connectivity index is 2.99. The average molecular weight is 241 g/mol. The molecule has 17 heavy (non-hydrogen) atoms. The van der Waals surface area contributed by atoms with Gasteiger partial charge < -0.3 is 5.11 Å². The smallest absolute Gasteiger partial charge is 0.309 e. The van der Waals surface area contributed by atoms with Crippen molar-refractivity contribution in [3.63, 3.8) is 0 Å². The fourth-order valence-corrected chi connectivity index (χ4v) is 1.39. The normalized spacial score (nSPS) is 11.2. The molecule has 0 unspecified atom stereocenters. The van der Waals surface area contributed by atoms with Crippen molar-refractivity contribution >= 4 is 11.7 Å². The number of nitro groups is 1. The molecule has 1 aromatic rings. The maximum absolute atomic E-state index is 13.3. The largest absolute Gasteiger partial charge is 0.481 e. The molecule has 6 heteroatoms. The van der Waals surface area contributed by atoms with Gasteiger partial charge in [-0.1, -0.05) is 6.07 Å². The highest BCUT2D eigenvalue weighted by molar-refractivity contribution is 5.74. The van der Waals surface area contributed by atoms with Gasteiger partial charge in [-0.25, -0.2) is 0 Å². The van der Waals surface area contributed by atoms with E-state index in [0.29, 0.717) is 5.56 Å². The number of hydrogen-bond donors (Lipinski definition) is 1. The van der Waals surface area contributed by atoms with E-state index in [-0.39, 0.29) is 6.42 Å². The van der Waals surface area contributed by atoms with E-state index in [9.17, 15) is 19.3 Å². The lowest BCUT2D eigenvalue weighted by Gasteiger charge is -2.18. The summed E-state index contributed by atoms with van der Waals surface area (Å²) in [6.45, 7) is 3.02. The predicted molar refractivity (Wildman–Crippen MR) is 58.2 cm³/mol. The molecule has 5 nitrogen and oxygen atoms in total. The van der Waals surface area contributed by atoms with E-state index in [1.54, 1.807) is 0 Å². The minimum absolute atomic E-state index is 0.108. The van der Waals surface area contributed by atoms with Crippen molar-refractivity contribution in [1.82, 2.24) is 0 Å². The summed E-state index contributed by atoms with van der Waals surface area (Å²) < 4.78 is 13.3. The number of nitro benzene ring substituents is 1. The molecule has 0 aliphatic carbocycles. The van der Waals surface area contributed by atoms with E-state index in [0.717, 1.165) is 12.1 Å². The van der Waals surface area contributed by atoms with E-state index in [1.165, 1.54) is 19.9 Å². The molecule has 0 radical (unpaired) electrons. The van der Waals surface area contributed by atoms with Crippen LogP contribution < -0.4 is 0 Å². The topological polar surface area (TPSA) is 80.4 Å². The van der Waals surface area contributed by atoms with Crippen molar-refractivity contribution < 1.29 is 19.2 Å². The van der Waals surface area contributed by atoms with Crippen LogP contribution in [0, 0.1) is 21.3 Å². The molecule has 0 aliphatic heterocycles. The molecule has 0 fully saturated rings. The molecule has 1 rings (SSSR count). The summed E-state index contributed by atoms with van der Waals surface area (Å²) in [5.41, 5.74) is -1.23.